The van der Waals surface area contributed by atoms with Gasteiger partial charge >= 0.3 is 5.97 Å². The molecule has 0 atom stereocenters. The normalized spacial score (nSPS) is 9.78. The van der Waals surface area contributed by atoms with Gasteiger partial charge in [0.1, 0.15) is 5.75 Å². The molecule has 4 N–H and O–H groups in total. The van der Waals surface area contributed by atoms with Gasteiger partial charge in [-0.1, -0.05) is 6.08 Å². The molecule has 0 saturated heterocycles. The lowest BCUT2D eigenvalue weighted by molar-refractivity contribution is -0.115. The third-order valence-corrected chi connectivity index (χ3v) is 2.08. The highest BCUT2D eigenvalue weighted by Gasteiger charge is 2.12. The Kier molecular flexibility index (Phi) is 4.89. The van der Waals surface area contributed by atoms with E-state index < -0.39 is 5.97 Å². The minimum Gasteiger partial charge on any atom is -0.508 e. The first-order valence-corrected chi connectivity index (χ1v) is 5.22. The molecule has 1 amide bonds. The van der Waals surface area contributed by atoms with Gasteiger partial charge in [0.15, 0.2) is 0 Å². The van der Waals surface area contributed by atoms with Gasteiger partial charge in [0.05, 0.1) is 17.8 Å². The maximum Gasteiger partial charge on any atom is 0.337 e. The Morgan fingerprint density at radius 3 is 2.72 bits per heavy atom. The van der Waals surface area contributed by atoms with Crippen LogP contribution >= 0.6 is 0 Å². The summed E-state index contributed by atoms with van der Waals surface area (Å²) in [4.78, 5) is 22.4. The molecule has 0 unspecified atom stereocenters. The van der Waals surface area contributed by atoms with E-state index in [1.165, 1.54) is 12.1 Å². The predicted octanol–water partition coefficient (Wildman–Crippen LogP) is 0.804. The summed E-state index contributed by atoms with van der Waals surface area (Å²) in [7, 11) is 0. The molecular weight excluding hydrogens is 236 g/mol. The van der Waals surface area contributed by atoms with E-state index >= 15 is 0 Å². The van der Waals surface area contributed by atoms with Crippen LogP contribution in [0.15, 0.2) is 30.9 Å². The molecule has 18 heavy (non-hydrogen) atoms. The number of aromatic hydroxyl groups is 1. The van der Waals surface area contributed by atoms with Gasteiger partial charge in [-0.15, -0.1) is 6.58 Å². The van der Waals surface area contributed by atoms with Crippen LogP contribution in [0.1, 0.15) is 10.4 Å². The van der Waals surface area contributed by atoms with Crippen molar-refractivity contribution < 1.29 is 19.8 Å². The fraction of sp³-hybridized carbons (Fsp3) is 0.167. The van der Waals surface area contributed by atoms with Crippen molar-refractivity contribution in [1.82, 2.24) is 5.32 Å². The lowest BCUT2D eigenvalue weighted by Gasteiger charge is -2.09. The van der Waals surface area contributed by atoms with Crippen LogP contribution in [0.4, 0.5) is 5.69 Å². The Labute approximate surface area is 104 Å². The number of benzene rings is 1. The highest BCUT2D eigenvalue weighted by Crippen LogP contribution is 2.21. The van der Waals surface area contributed by atoms with Crippen molar-refractivity contribution in [2.24, 2.45) is 0 Å². The van der Waals surface area contributed by atoms with Crippen molar-refractivity contribution in [3.05, 3.63) is 36.4 Å². The van der Waals surface area contributed by atoms with E-state index in [4.69, 9.17) is 5.11 Å². The molecule has 0 heterocycles. The largest absolute Gasteiger partial charge is 0.508 e. The second-order valence-corrected chi connectivity index (χ2v) is 3.50. The molecule has 0 aliphatic carbocycles. The van der Waals surface area contributed by atoms with Crippen LogP contribution in [0.25, 0.3) is 0 Å². The summed E-state index contributed by atoms with van der Waals surface area (Å²) in [6, 6.07) is 3.72. The van der Waals surface area contributed by atoms with Crippen molar-refractivity contribution in [3.8, 4) is 5.75 Å². The van der Waals surface area contributed by atoms with E-state index in [0.29, 0.717) is 6.54 Å². The zero-order valence-corrected chi connectivity index (χ0v) is 9.64. The minimum absolute atomic E-state index is 0.0476. The summed E-state index contributed by atoms with van der Waals surface area (Å²) in [5.41, 5.74) is -0.0160. The quantitative estimate of drug-likeness (QED) is 0.340. The number of carbonyl (C=O) groups excluding carboxylic acids is 1. The molecule has 6 heteroatoms. The summed E-state index contributed by atoms with van der Waals surface area (Å²) >= 11 is 0. The van der Waals surface area contributed by atoms with Crippen molar-refractivity contribution >= 4 is 17.6 Å². The molecule has 0 aliphatic heterocycles. The van der Waals surface area contributed by atoms with Crippen molar-refractivity contribution in [2.75, 3.05) is 18.4 Å². The highest BCUT2D eigenvalue weighted by atomic mass is 16.4. The third kappa shape index (κ3) is 3.91. The summed E-state index contributed by atoms with van der Waals surface area (Å²) in [6.45, 7) is 4.02. The maximum absolute atomic E-state index is 11.5. The van der Waals surface area contributed by atoms with Gasteiger partial charge in [-0.25, -0.2) is 4.79 Å². The van der Waals surface area contributed by atoms with Gasteiger partial charge in [-0.3, -0.25) is 4.79 Å². The van der Waals surface area contributed by atoms with Crippen LogP contribution in [-0.4, -0.2) is 35.2 Å². The molecular formula is C12H14N2O4. The Balaban J connectivity index is 2.74. The molecule has 96 valence electrons. The molecule has 0 fully saturated rings. The molecule has 0 bridgehead atoms. The zero-order valence-electron chi connectivity index (χ0n) is 9.64. The fourth-order valence-corrected chi connectivity index (χ4v) is 1.30. The summed E-state index contributed by atoms with van der Waals surface area (Å²) in [5, 5.41) is 23.4. The Hall–Kier alpha value is -2.34. The molecule has 1 aromatic rings. The first-order valence-electron chi connectivity index (χ1n) is 5.22. The predicted molar refractivity (Wildman–Crippen MR) is 66.8 cm³/mol. The Morgan fingerprint density at radius 1 is 1.39 bits per heavy atom. The minimum atomic E-state index is -1.22. The Morgan fingerprint density at radius 2 is 2.11 bits per heavy atom. The first kappa shape index (κ1) is 13.7. The third-order valence-electron chi connectivity index (χ3n) is 2.08. The number of carboxylic acid groups (broad SMARTS) is 1. The number of nitrogens with one attached hydrogen (secondary N) is 2. The number of amides is 1. The molecule has 0 saturated carbocycles. The van der Waals surface area contributed by atoms with Crippen molar-refractivity contribution in [2.45, 2.75) is 0 Å². The smallest absolute Gasteiger partial charge is 0.337 e. The molecule has 0 radical (unpaired) electrons. The second kappa shape index (κ2) is 6.41. The molecule has 0 aromatic heterocycles. The molecule has 1 aromatic carbocycles. The second-order valence-electron chi connectivity index (χ2n) is 3.50. The topological polar surface area (TPSA) is 98.7 Å². The van der Waals surface area contributed by atoms with Gasteiger partial charge in [-0.2, -0.15) is 0 Å². The summed E-state index contributed by atoms with van der Waals surface area (Å²) in [6.07, 6.45) is 1.61. The lowest BCUT2D eigenvalue weighted by atomic mass is 10.1. The van der Waals surface area contributed by atoms with Gasteiger partial charge in [-0.05, 0) is 18.2 Å². The summed E-state index contributed by atoms with van der Waals surface area (Å²) < 4.78 is 0. The highest BCUT2D eigenvalue weighted by molar-refractivity contribution is 6.01. The average molecular weight is 250 g/mol. The van der Waals surface area contributed by atoms with Gasteiger partial charge in [0.25, 0.3) is 0 Å². The number of hydrogen-bond acceptors (Lipinski definition) is 4. The van der Waals surface area contributed by atoms with Crippen LogP contribution in [0, 0.1) is 0 Å². The van der Waals surface area contributed by atoms with Crippen LogP contribution in [0.5, 0.6) is 5.75 Å². The number of phenolic OH excluding ortho intramolecular Hbond substituents is 1. The fourth-order valence-electron chi connectivity index (χ4n) is 1.30. The molecule has 6 nitrogen and oxygen atoms in total. The van der Waals surface area contributed by atoms with Gasteiger partial charge in [0.2, 0.25) is 5.91 Å². The van der Waals surface area contributed by atoms with E-state index in [2.05, 4.69) is 17.2 Å². The number of carbonyl (C=O) groups is 2. The van der Waals surface area contributed by atoms with Crippen LogP contribution < -0.4 is 10.6 Å². The number of carboxylic acids is 1. The zero-order chi connectivity index (χ0) is 13.5. The van der Waals surface area contributed by atoms with Gasteiger partial charge in [0, 0.05) is 6.54 Å². The van der Waals surface area contributed by atoms with Crippen molar-refractivity contribution in [3.63, 3.8) is 0 Å². The van der Waals surface area contributed by atoms with Crippen LogP contribution in [-0.2, 0) is 4.79 Å². The van der Waals surface area contributed by atoms with Gasteiger partial charge < -0.3 is 20.8 Å². The summed E-state index contributed by atoms with van der Waals surface area (Å²) in [5.74, 6) is -1.76. The van der Waals surface area contributed by atoms with E-state index in [9.17, 15) is 14.7 Å². The number of phenols is 1. The number of rotatable bonds is 6. The standard InChI is InChI=1S/C12H14N2O4/c1-2-5-13-7-11(16)14-10-4-3-8(15)6-9(10)12(17)18/h2-4,6,13,15H,1,5,7H2,(H,14,16)(H,17,18). The van der Waals surface area contributed by atoms with Crippen molar-refractivity contribution in [1.29, 1.82) is 0 Å². The van der Waals surface area contributed by atoms with Crippen LogP contribution in [0.2, 0.25) is 0 Å². The molecule has 0 aliphatic rings. The van der Waals surface area contributed by atoms with E-state index in [-0.39, 0.29) is 29.5 Å². The SMILES string of the molecule is C=CCNCC(=O)Nc1ccc(O)cc1C(=O)O. The lowest BCUT2D eigenvalue weighted by Crippen LogP contribution is -2.28. The monoisotopic (exact) mass is 250 g/mol. The first-order chi connectivity index (χ1) is 8.54. The number of aromatic carboxylic acids is 1. The average Bonchev–Trinajstić information content (AvgIpc) is 2.31. The number of hydrogen-bond donors (Lipinski definition) is 4. The molecule has 0 spiro atoms. The van der Waals surface area contributed by atoms with E-state index in [1.54, 1.807) is 6.08 Å². The molecule has 1 rings (SSSR count). The number of anilines is 1. The van der Waals surface area contributed by atoms with E-state index in [0.717, 1.165) is 6.07 Å². The van der Waals surface area contributed by atoms with Crippen LogP contribution in [0.3, 0.4) is 0 Å². The Bertz CT molecular complexity index is 471. The van der Waals surface area contributed by atoms with E-state index in [1.807, 2.05) is 0 Å². The maximum atomic E-state index is 11.5.